The molecule has 2 aromatic carbocycles. The van der Waals surface area contributed by atoms with Crippen LogP contribution in [-0.4, -0.2) is 16.0 Å². The summed E-state index contributed by atoms with van der Waals surface area (Å²) in [6, 6.07) is 14.3. The molecular formula is C17H11Cl2NO2S. The minimum Gasteiger partial charge on any atom is -0.268 e. The third-order valence-electron chi connectivity index (χ3n) is 3.35. The average molecular weight is 364 g/mol. The van der Waals surface area contributed by atoms with Crippen molar-refractivity contribution in [3.05, 3.63) is 74.6 Å². The van der Waals surface area contributed by atoms with E-state index in [2.05, 4.69) is 0 Å². The number of hydrogen-bond donors (Lipinski definition) is 0. The molecule has 1 fully saturated rings. The highest BCUT2D eigenvalue weighted by molar-refractivity contribution is 8.18. The van der Waals surface area contributed by atoms with Gasteiger partial charge in [0.2, 0.25) is 0 Å². The van der Waals surface area contributed by atoms with Gasteiger partial charge in [-0.3, -0.25) is 14.5 Å². The Hall–Kier alpha value is -1.75. The van der Waals surface area contributed by atoms with E-state index in [1.54, 1.807) is 36.4 Å². The van der Waals surface area contributed by atoms with Gasteiger partial charge in [-0.25, -0.2) is 0 Å². The molecule has 2 amide bonds. The van der Waals surface area contributed by atoms with Crippen molar-refractivity contribution < 1.29 is 9.59 Å². The van der Waals surface area contributed by atoms with Crippen LogP contribution in [0.25, 0.3) is 6.08 Å². The van der Waals surface area contributed by atoms with E-state index in [-0.39, 0.29) is 17.7 Å². The van der Waals surface area contributed by atoms with Crippen LogP contribution < -0.4 is 0 Å². The Bertz CT molecular complexity index is 820. The zero-order valence-corrected chi connectivity index (χ0v) is 14.2. The van der Waals surface area contributed by atoms with Gasteiger partial charge in [0, 0.05) is 10.0 Å². The first-order valence-electron chi connectivity index (χ1n) is 6.79. The van der Waals surface area contributed by atoms with Gasteiger partial charge in [-0.05, 0) is 41.1 Å². The largest absolute Gasteiger partial charge is 0.293 e. The zero-order valence-electron chi connectivity index (χ0n) is 11.8. The van der Waals surface area contributed by atoms with Crippen molar-refractivity contribution in [2.24, 2.45) is 0 Å². The summed E-state index contributed by atoms with van der Waals surface area (Å²) in [4.78, 5) is 26.2. The highest BCUT2D eigenvalue weighted by Crippen LogP contribution is 2.35. The van der Waals surface area contributed by atoms with Crippen LogP contribution >= 0.6 is 35.0 Å². The fourth-order valence-corrected chi connectivity index (χ4v) is 3.38. The third kappa shape index (κ3) is 3.44. The molecule has 23 heavy (non-hydrogen) atoms. The maximum Gasteiger partial charge on any atom is 0.293 e. The van der Waals surface area contributed by atoms with Gasteiger partial charge in [-0.2, -0.15) is 0 Å². The Morgan fingerprint density at radius 1 is 0.957 bits per heavy atom. The van der Waals surface area contributed by atoms with Gasteiger partial charge in [0.05, 0.1) is 11.4 Å². The number of hydrogen-bond acceptors (Lipinski definition) is 3. The molecule has 0 N–H and O–H groups in total. The summed E-state index contributed by atoms with van der Waals surface area (Å²) in [7, 11) is 0. The van der Waals surface area contributed by atoms with Crippen LogP contribution in [0.3, 0.4) is 0 Å². The number of rotatable bonds is 3. The maximum atomic E-state index is 12.5. The van der Waals surface area contributed by atoms with Crippen LogP contribution in [0.4, 0.5) is 4.79 Å². The molecule has 0 saturated carbocycles. The fraction of sp³-hybridized carbons (Fsp3) is 0.0588. The number of amides is 2. The highest BCUT2D eigenvalue weighted by atomic mass is 35.5. The summed E-state index contributed by atoms with van der Waals surface area (Å²) in [6.45, 7) is 0.157. The van der Waals surface area contributed by atoms with Gasteiger partial charge in [0.25, 0.3) is 11.1 Å². The van der Waals surface area contributed by atoms with Crippen molar-refractivity contribution >= 4 is 52.2 Å². The van der Waals surface area contributed by atoms with Crippen molar-refractivity contribution in [1.29, 1.82) is 0 Å². The smallest absolute Gasteiger partial charge is 0.268 e. The highest BCUT2D eigenvalue weighted by Gasteiger charge is 2.35. The molecule has 3 nitrogen and oxygen atoms in total. The lowest BCUT2D eigenvalue weighted by Gasteiger charge is -2.13. The van der Waals surface area contributed by atoms with Crippen LogP contribution in [0, 0.1) is 0 Å². The summed E-state index contributed by atoms with van der Waals surface area (Å²) >= 11 is 13.1. The Balaban J connectivity index is 1.86. The summed E-state index contributed by atoms with van der Waals surface area (Å²) in [5.41, 5.74) is 1.44. The molecule has 3 rings (SSSR count). The molecular weight excluding hydrogens is 353 g/mol. The molecule has 0 aliphatic carbocycles. The van der Waals surface area contributed by atoms with Crippen LogP contribution in [-0.2, 0) is 11.3 Å². The Morgan fingerprint density at radius 2 is 1.61 bits per heavy atom. The Kier molecular flexibility index (Phi) is 4.76. The standard InChI is InChI=1S/C17H11Cl2NO2S/c18-13-7-3-1-5-11(13)9-15-16(21)20(17(22)23-15)10-12-6-2-4-8-14(12)19/h1-9H,10H2/b15-9+. The predicted molar refractivity (Wildman–Crippen MR) is 94.4 cm³/mol. The molecule has 1 saturated heterocycles. The van der Waals surface area contributed by atoms with Crippen LogP contribution in [0.5, 0.6) is 0 Å². The number of carbonyl (C=O) groups is 2. The van der Waals surface area contributed by atoms with Crippen molar-refractivity contribution in [3.8, 4) is 0 Å². The Labute approximate surface area is 147 Å². The summed E-state index contributed by atoms with van der Waals surface area (Å²) in [5, 5.41) is 0.750. The van der Waals surface area contributed by atoms with Crippen molar-refractivity contribution in [1.82, 2.24) is 4.90 Å². The molecule has 1 aliphatic heterocycles. The molecule has 0 bridgehead atoms. The van der Waals surface area contributed by atoms with Gasteiger partial charge >= 0.3 is 0 Å². The normalized spacial score (nSPS) is 16.4. The van der Waals surface area contributed by atoms with E-state index < -0.39 is 0 Å². The zero-order chi connectivity index (χ0) is 16.4. The Morgan fingerprint density at radius 3 is 2.30 bits per heavy atom. The van der Waals surface area contributed by atoms with Crippen LogP contribution in [0.2, 0.25) is 10.0 Å². The van der Waals surface area contributed by atoms with E-state index in [9.17, 15) is 9.59 Å². The first kappa shape index (κ1) is 16.1. The molecule has 0 radical (unpaired) electrons. The second-order valence-corrected chi connectivity index (χ2v) is 6.69. The first-order valence-corrected chi connectivity index (χ1v) is 8.37. The van der Waals surface area contributed by atoms with Gasteiger partial charge in [-0.15, -0.1) is 0 Å². The lowest BCUT2D eigenvalue weighted by atomic mass is 10.2. The number of benzene rings is 2. The topological polar surface area (TPSA) is 37.4 Å². The third-order valence-corrected chi connectivity index (χ3v) is 4.97. The fourth-order valence-electron chi connectivity index (χ4n) is 2.17. The van der Waals surface area contributed by atoms with Crippen molar-refractivity contribution in [2.75, 3.05) is 0 Å². The molecule has 116 valence electrons. The van der Waals surface area contributed by atoms with E-state index in [0.29, 0.717) is 20.5 Å². The summed E-state index contributed by atoms with van der Waals surface area (Å²) in [6.07, 6.45) is 1.64. The molecule has 1 heterocycles. The molecule has 1 aliphatic rings. The second-order valence-electron chi connectivity index (χ2n) is 4.88. The lowest BCUT2D eigenvalue weighted by Crippen LogP contribution is -2.27. The van der Waals surface area contributed by atoms with Crippen molar-refractivity contribution in [3.63, 3.8) is 0 Å². The lowest BCUT2D eigenvalue weighted by molar-refractivity contribution is -0.123. The van der Waals surface area contributed by atoms with Crippen LogP contribution in [0.1, 0.15) is 11.1 Å². The minimum atomic E-state index is -0.333. The van der Waals surface area contributed by atoms with Crippen molar-refractivity contribution in [2.45, 2.75) is 6.54 Å². The molecule has 0 spiro atoms. The predicted octanol–water partition coefficient (Wildman–Crippen LogP) is 5.23. The number of carbonyl (C=O) groups excluding carboxylic acids is 2. The van der Waals surface area contributed by atoms with E-state index >= 15 is 0 Å². The first-order chi connectivity index (χ1) is 11.1. The maximum absolute atomic E-state index is 12.5. The summed E-state index contributed by atoms with van der Waals surface area (Å²) in [5.74, 6) is -0.333. The molecule has 0 aromatic heterocycles. The summed E-state index contributed by atoms with van der Waals surface area (Å²) < 4.78 is 0. The monoisotopic (exact) mass is 363 g/mol. The second kappa shape index (κ2) is 6.79. The quantitative estimate of drug-likeness (QED) is 0.700. The van der Waals surface area contributed by atoms with E-state index in [4.69, 9.17) is 23.2 Å². The van der Waals surface area contributed by atoms with Gasteiger partial charge in [0.15, 0.2) is 0 Å². The van der Waals surface area contributed by atoms with E-state index in [1.165, 1.54) is 4.90 Å². The molecule has 2 aromatic rings. The average Bonchev–Trinajstić information content (AvgIpc) is 2.79. The minimum absolute atomic E-state index is 0.157. The van der Waals surface area contributed by atoms with Gasteiger partial charge in [-0.1, -0.05) is 59.6 Å². The van der Waals surface area contributed by atoms with E-state index in [0.717, 1.165) is 17.3 Å². The number of nitrogens with zero attached hydrogens (tertiary/aromatic N) is 1. The van der Waals surface area contributed by atoms with E-state index in [1.807, 2.05) is 18.2 Å². The number of thioether (sulfide) groups is 1. The SMILES string of the molecule is O=C1S/C(=C/c2ccccc2Cl)C(=O)N1Cc1ccccc1Cl. The number of imide groups is 1. The van der Waals surface area contributed by atoms with Crippen LogP contribution in [0.15, 0.2) is 53.4 Å². The molecule has 6 heteroatoms. The van der Waals surface area contributed by atoms with Gasteiger partial charge < -0.3 is 0 Å². The molecule has 0 unspecified atom stereocenters. The number of halogens is 2. The van der Waals surface area contributed by atoms with Gasteiger partial charge in [0.1, 0.15) is 0 Å². The molecule has 0 atom stereocenters.